The zero-order valence-electron chi connectivity index (χ0n) is 17.5. The van der Waals surface area contributed by atoms with Gasteiger partial charge in [0, 0.05) is 37.8 Å². The van der Waals surface area contributed by atoms with Crippen molar-refractivity contribution in [1.82, 2.24) is 9.80 Å². The molecule has 28 heavy (non-hydrogen) atoms. The topological polar surface area (TPSA) is 52.7 Å². The van der Waals surface area contributed by atoms with Gasteiger partial charge in [-0.2, -0.15) is 0 Å². The largest absolute Gasteiger partial charge is 0.335 e. The van der Waals surface area contributed by atoms with Crippen LogP contribution in [0.5, 0.6) is 0 Å². The maximum absolute atomic E-state index is 12.9. The third-order valence-corrected chi connectivity index (χ3v) is 5.15. The van der Waals surface area contributed by atoms with E-state index in [0.717, 1.165) is 43.1 Å². The van der Waals surface area contributed by atoms with Gasteiger partial charge in [-0.05, 0) is 69.5 Å². The van der Waals surface area contributed by atoms with E-state index in [0.29, 0.717) is 6.04 Å². The van der Waals surface area contributed by atoms with Crippen LogP contribution in [0.2, 0.25) is 0 Å². The number of carbonyl (C=O) groups excluding carboxylic acids is 2. The van der Waals surface area contributed by atoms with E-state index in [1.165, 1.54) is 19.8 Å². The second-order valence-electron chi connectivity index (χ2n) is 7.89. The van der Waals surface area contributed by atoms with Crippen molar-refractivity contribution in [2.75, 3.05) is 32.5 Å². The molecule has 1 aromatic carbocycles. The van der Waals surface area contributed by atoms with Crippen molar-refractivity contribution in [3.63, 3.8) is 0 Å². The second-order valence-corrected chi connectivity index (χ2v) is 7.89. The summed E-state index contributed by atoms with van der Waals surface area (Å²) < 4.78 is 0. The van der Waals surface area contributed by atoms with Crippen LogP contribution in [0.25, 0.3) is 6.08 Å². The third kappa shape index (κ3) is 8.03. The summed E-state index contributed by atoms with van der Waals surface area (Å²) in [5.41, 5.74) is 1.71. The zero-order chi connectivity index (χ0) is 19.8. The van der Waals surface area contributed by atoms with Crippen LogP contribution < -0.4 is 5.32 Å². The van der Waals surface area contributed by atoms with Crippen LogP contribution in [0.4, 0.5) is 5.69 Å². The normalized spacial score (nSPS) is 19.3. The smallest absolute Gasteiger partial charge is 0.246 e. The average molecular weight is 408 g/mol. The van der Waals surface area contributed by atoms with Crippen molar-refractivity contribution in [2.45, 2.75) is 45.6 Å². The maximum Gasteiger partial charge on any atom is 0.246 e. The summed E-state index contributed by atoms with van der Waals surface area (Å²) in [6.07, 6.45) is 8.13. The molecule has 0 bridgehead atoms. The quantitative estimate of drug-likeness (QED) is 0.693. The molecule has 0 atom stereocenters. The number of nitrogens with one attached hydrogen (secondary N) is 1. The molecule has 6 heteroatoms. The van der Waals surface area contributed by atoms with Crippen molar-refractivity contribution in [2.24, 2.45) is 5.92 Å². The van der Waals surface area contributed by atoms with Gasteiger partial charge in [-0.3, -0.25) is 9.59 Å². The number of rotatable bonds is 7. The molecule has 1 fully saturated rings. The SMILES string of the molecule is CC(=O)Nc1ccc(C=CC(=O)N(CCN(C)C)[C@H]2CC[C@H](C)CC2)cc1.Cl. The van der Waals surface area contributed by atoms with Crippen LogP contribution in [-0.4, -0.2) is 54.8 Å². The Hall–Kier alpha value is -1.85. The van der Waals surface area contributed by atoms with Gasteiger partial charge in [0.15, 0.2) is 0 Å². The van der Waals surface area contributed by atoms with Crippen LogP contribution in [0.3, 0.4) is 0 Å². The number of likely N-dealkylation sites (N-methyl/N-ethyl adjacent to an activating group) is 1. The number of anilines is 1. The molecule has 0 unspecified atom stereocenters. The lowest BCUT2D eigenvalue weighted by Crippen LogP contribution is -2.44. The zero-order valence-corrected chi connectivity index (χ0v) is 18.3. The summed E-state index contributed by atoms with van der Waals surface area (Å²) in [4.78, 5) is 28.1. The minimum absolute atomic E-state index is 0. The van der Waals surface area contributed by atoms with Crippen molar-refractivity contribution in [3.8, 4) is 0 Å². The minimum Gasteiger partial charge on any atom is -0.335 e. The van der Waals surface area contributed by atoms with Crippen LogP contribution >= 0.6 is 12.4 Å². The molecule has 0 radical (unpaired) electrons. The van der Waals surface area contributed by atoms with Gasteiger partial charge in [-0.1, -0.05) is 19.1 Å². The molecule has 0 aliphatic heterocycles. The lowest BCUT2D eigenvalue weighted by atomic mass is 9.86. The fraction of sp³-hybridized carbons (Fsp3) is 0.545. The van der Waals surface area contributed by atoms with E-state index in [-0.39, 0.29) is 24.2 Å². The Balaban J connectivity index is 0.00000392. The highest BCUT2D eigenvalue weighted by molar-refractivity contribution is 5.92. The van der Waals surface area contributed by atoms with E-state index in [4.69, 9.17) is 0 Å². The first-order valence-corrected chi connectivity index (χ1v) is 9.86. The lowest BCUT2D eigenvalue weighted by Gasteiger charge is -2.36. The standard InChI is InChI=1S/C22H33N3O2.ClH/c1-17-5-12-21(13-6-17)25(16-15-24(3)4)22(27)14-9-19-7-10-20(11-8-19)23-18(2)26;/h7-11,14,17,21H,5-6,12-13,15-16H2,1-4H3,(H,23,26);1H/t17-,21-;. The third-order valence-electron chi connectivity index (χ3n) is 5.15. The van der Waals surface area contributed by atoms with Crippen molar-refractivity contribution >= 4 is 36.0 Å². The highest BCUT2D eigenvalue weighted by Gasteiger charge is 2.26. The Labute approximate surface area is 175 Å². The van der Waals surface area contributed by atoms with Crippen LogP contribution in [0.1, 0.15) is 45.1 Å². The van der Waals surface area contributed by atoms with E-state index in [9.17, 15) is 9.59 Å². The molecule has 2 rings (SSSR count). The Morgan fingerprint density at radius 2 is 1.68 bits per heavy atom. The molecule has 0 heterocycles. The van der Waals surface area contributed by atoms with Gasteiger partial charge in [-0.15, -0.1) is 12.4 Å². The summed E-state index contributed by atoms with van der Waals surface area (Å²) in [5, 5.41) is 2.75. The number of hydrogen-bond acceptors (Lipinski definition) is 3. The second kappa shape index (κ2) is 11.9. The molecule has 1 aromatic rings. The van der Waals surface area contributed by atoms with Gasteiger partial charge in [0.25, 0.3) is 0 Å². The molecule has 0 spiro atoms. The number of hydrogen-bond donors (Lipinski definition) is 1. The van der Waals surface area contributed by atoms with E-state index in [1.54, 1.807) is 6.08 Å². The molecule has 0 aromatic heterocycles. The first-order valence-electron chi connectivity index (χ1n) is 9.86. The van der Waals surface area contributed by atoms with Gasteiger partial charge in [0.2, 0.25) is 11.8 Å². The van der Waals surface area contributed by atoms with Crippen LogP contribution in [0.15, 0.2) is 30.3 Å². The van der Waals surface area contributed by atoms with E-state index in [2.05, 4.69) is 17.1 Å². The van der Waals surface area contributed by atoms with Gasteiger partial charge in [0.05, 0.1) is 0 Å². The number of carbonyl (C=O) groups is 2. The summed E-state index contributed by atoms with van der Waals surface area (Å²) in [5.74, 6) is 0.763. The number of benzene rings is 1. The fourth-order valence-corrected chi connectivity index (χ4v) is 3.48. The van der Waals surface area contributed by atoms with Gasteiger partial charge < -0.3 is 15.1 Å². The molecule has 5 nitrogen and oxygen atoms in total. The molecular formula is C22H34ClN3O2. The monoisotopic (exact) mass is 407 g/mol. The molecule has 1 aliphatic carbocycles. The first kappa shape index (κ1) is 24.2. The highest BCUT2D eigenvalue weighted by atomic mass is 35.5. The summed E-state index contributed by atoms with van der Waals surface area (Å²) >= 11 is 0. The van der Waals surface area contributed by atoms with E-state index >= 15 is 0 Å². The average Bonchev–Trinajstić information content (AvgIpc) is 2.62. The van der Waals surface area contributed by atoms with Crippen molar-refractivity contribution in [1.29, 1.82) is 0 Å². The Bertz CT molecular complexity index is 650. The molecule has 2 amide bonds. The Kier molecular flexibility index (Phi) is 10.3. The molecule has 0 saturated heterocycles. The molecular weight excluding hydrogens is 374 g/mol. The van der Waals surface area contributed by atoms with Crippen LogP contribution in [0, 0.1) is 5.92 Å². The number of halogens is 1. The molecule has 156 valence electrons. The summed E-state index contributed by atoms with van der Waals surface area (Å²) in [7, 11) is 4.08. The number of nitrogens with zero attached hydrogens (tertiary/aromatic N) is 2. The Morgan fingerprint density at radius 3 is 2.21 bits per heavy atom. The van der Waals surface area contributed by atoms with Gasteiger partial charge >= 0.3 is 0 Å². The van der Waals surface area contributed by atoms with E-state index < -0.39 is 0 Å². The van der Waals surface area contributed by atoms with Crippen LogP contribution in [-0.2, 0) is 9.59 Å². The maximum atomic E-state index is 12.9. The minimum atomic E-state index is -0.0909. The predicted molar refractivity (Wildman–Crippen MR) is 119 cm³/mol. The van der Waals surface area contributed by atoms with Gasteiger partial charge in [-0.25, -0.2) is 0 Å². The summed E-state index contributed by atoms with van der Waals surface area (Å²) in [6.45, 7) is 5.42. The van der Waals surface area contributed by atoms with E-state index in [1.807, 2.05) is 49.3 Å². The summed E-state index contributed by atoms with van der Waals surface area (Å²) in [6, 6.07) is 7.85. The highest BCUT2D eigenvalue weighted by Crippen LogP contribution is 2.27. The molecule has 1 saturated carbocycles. The van der Waals surface area contributed by atoms with Crippen molar-refractivity contribution < 1.29 is 9.59 Å². The molecule has 1 aliphatic rings. The first-order chi connectivity index (χ1) is 12.8. The number of amides is 2. The van der Waals surface area contributed by atoms with Crippen molar-refractivity contribution in [3.05, 3.63) is 35.9 Å². The fourth-order valence-electron chi connectivity index (χ4n) is 3.48. The Morgan fingerprint density at radius 1 is 1.07 bits per heavy atom. The van der Waals surface area contributed by atoms with Gasteiger partial charge in [0.1, 0.15) is 0 Å². The lowest BCUT2D eigenvalue weighted by molar-refractivity contribution is -0.129. The predicted octanol–water partition coefficient (Wildman–Crippen LogP) is 4.05. The molecule has 1 N–H and O–H groups in total.